The molecule has 0 unspecified atom stereocenters. The Bertz CT molecular complexity index is 521. The summed E-state index contributed by atoms with van der Waals surface area (Å²) in [4.78, 5) is 17.6. The molecule has 0 saturated heterocycles. The number of aromatic nitrogens is 3. The molecule has 0 aliphatic rings. The van der Waals surface area contributed by atoms with Crippen molar-refractivity contribution >= 4 is 5.91 Å². The number of pyridine rings is 1. The van der Waals surface area contributed by atoms with Crippen LogP contribution in [0.5, 0.6) is 0 Å². The van der Waals surface area contributed by atoms with Crippen LogP contribution in [0.25, 0.3) is 0 Å². The van der Waals surface area contributed by atoms with Crippen molar-refractivity contribution in [1.82, 2.24) is 19.7 Å². The number of carbonyl (C=O) groups excluding carboxylic acids is 1. The fourth-order valence-electron chi connectivity index (χ4n) is 1.73. The maximum absolute atomic E-state index is 12.0. The molecule has 0 saturated carbocycles. The maximum atomic E-state index is 12.0. The third-order valence-corrected chi connectivity index (χ3v) is 2.71. The molecule has 2 aromatic rings. The highest BCUT2D eigenvalue weighted by Gasteiger charge is 2.10. The molecule has 0 atom stereocenters. The molecule has 18 heavy (non-hydrogen) atoms. The summed E-state index contributed by atoms with van der Waals surface area (Å²) < 4.78 is 1.73. The Hall–Kier alpha value is -2.17. The summed E-state index contributed by atoms with van der Waals surface area (Å²) in [5.74, 6) is 0.0880. The normalized spacial score (nSPS) is 10.3. The van der Waals surface area contributed by atoms with E-state index >= 15 is 0 Å². The molecule has 0 aliphatic carbocycles. The summed E-state index contributed by atoms with van der Waals surface area (Å²) in [6, 6.07) is 3.71. The lowest BCUT2D eigenvalue weighted by Gasteiger charge is -2.16. The number of hydrogen-bond acceptors (Lipinski definition) is 3. The van der Waals surface area contributed by atoms with Gasteiger partial charge in [-0.05, 0) is 17.7 Å². The molecule has 0 aliphatic heterocycles. The minimum atomic E-state index is 0.0880. The minimum absolute atomic E-state index is 0.0880. The first kappa shape index (κ1) is 12.3. The second-order valence-corrected chi connectivity index (χ2v) is 4.30. The number of carbonyl (C=O) groups is 1. The number of hydrogen-bond donors (Lipinski definition) is 0. The number of amides is 1. The number of nitrogens with zero attached hydrogens (tertiary/aromatic N) is 4. The Labute approximate surface area is 106 Å². The van der Waals surface area contributed by atoms with Gasteiger partial charge < -0.3 is 4.90 Å². The summed E-state index contributed by atoms with van der Waals surface area (Å²) in [6.45, 7) is 0.581. The summed E-state index contributed by atoms with van der Waals surface area (Å²) in [5, 5.41) is 4.08. The molecular formula is C13H16N4O. The van der Waals surface area contributed by atoms with Crippen molar-refractivity contribution in [3.63, 3.8) is 0 Å². The fraction of sp³-hybridized carbons (Fsp3) is 0.308. The zero-order chi connectivity index (χ0) is 13.0. The first-order chi connectivity index (χ1) is 8.65. The third-order valence-electron chi connectivity index (χ3n) is 2.71. The van der Waals surface area contributed by atoms with Crippen LogP contribution in [-0.4, -0.2) is 32.6 Å². The summed E-state index contributed by atoms with van der Waals surface area (Å²) in [6.07, 6.45) is 7.49. The second kappa shape index (κ2) is 5.44. The van der Waals surface area contributed by atoms with Crippen LogP contribution in [0.1, 0.15) is 11.1 Å². The van der Waals surface area contributed by atoms with Crippen LogP contribution in [0, 0.1) is 0 Å². The number of rotatable bonds is 4. The third kappa shape index (κ3) is 3.16. The Kier molecular flexibility index (Phi) is 3.72. The molecule has 2 aromatic heterocycles. The van der Waals surface area contributed by atoms with E-state index in [1.807, 2.05) is 25.4 Å². The second-order valence-electron chi connectivity index (χ2n) is 4.30. The van der Waals surface area contributed by atoms with Gasteiger partial charge in [-0.2, -0.15) is 5.10 Å². The van der Waals surface area contributed by atoms with E-state index in [2.05, 4.69) is 10.1 Å². The lowest BCUT2D eigenvalue weighted by molar-refractivity contribution is -0.129. The van der Waals surface area contributed by atoms with Crippen LogP contribution in [0.4, 0.5) is 0 Å². The first-order valence-electron chi connectivity index (χ1n) is 5.75. The molecule has 0 aromatic carbocycles. The van der Waals surface area contributed by atoms with Crippen LogP contribution < -0.4 is 0 Å². The smallest absolute Gasteiger partial charge is 0.227 e. The summed E-state index contributed by atoms with van der Waals surface area (Å²) in [7, 11) is 3.67. The molecule has 0 fully saturated rings. The van der Waals surface area contributed by atoms with E-state index in [4.69, 9.17) is 0 Å². The van der Waals surface area contributed by atoms with Crippen LogP contribution in [0.2, 0.25) is 0 Å². The van der Waals surface area contributed by atoms with Gasteiger partial charge in [-0.25, -0.2) is 0 Å². The maximum Gasteiger partial charge on any atom is 0.227 e. The van der Waals surface area contributed by atoms with Gasteiger partial charge in [-0.15, -0.1) is 0 Å². The highest BCUT2D eigenvalue weighted by Crippen LogP contribution is 2.05. The standard InChI is InChI=1S/C13H16N4O/c1-16(9-12-8-15-17(2)10-12)13(18)7-11-3-5-14-6-4-11/h3-6,8,10H,7,9H2,1-2H3. The Morgan fingerprint density at radius 3 is 2.67 bits per heavy atom. The van der Waals surface area contributed by atoms with E-state index in [0.29, 0.717) is 13.0 Å². The van der Waals surface area contributed by atoms with Crippen molar-refractivity contribution < 1.29 is 4.79 Å². The molecule has 0 N–H and O–H groups in total. The summed E-state index contributed by atoms with van der Waals surface area (Å²) >= 11 is 0. The number of aryl methyl sites for hydroxylation is 1. The lowest BCUT2D eigenvalue weighted by Crippen LogP contribution is -2.27. The van der Waals surface area contributed by atoms with Crippen LogP contribution in [0.15, 0.2) is 36.9 Å². The predicted molar refractivity (Wildman–Crippen MR) is 67.6 cm³/mol. The first-order valence-corrected chi connectivity index (χ1v) is 5.75. The van der Waals surface area contributed by atoms with Gasteiger partial charge in [0.05, 0.1) is 12.6 Å². The van der Waals surface area contributed by atoms with E-state index in [0.717, 1.165) is 11.1 Å². The molecule has 5 nitrogen and oxygen atoms in total. The van der Waals surface area contributed by atoms with Gasteiger partial charge in [0.25, 0.3) is 0 Å². The Morgan fingerprint density at radius 2 is 2.06 bits per heavy atom. The fourth-order valence-corrected chi connectivity index (χ4v) is 1.73. The molecule has 1 amide bonds. The summed E-state index contributed by atoms with van der Waals surface area (Å²) in [5.41, 5.74) is 2.01. The monoisotopic (exact) mass is 244 g/mol. The lowest BCUT2D eigenvalue weighted by atomic mass is 10.2. The molecule has 5 heteroatoms. The van der Waals surface area contributed by atoms with Crippen LogP contribution >= 0.6 is 0 Å². The molecule has 0 spiro atoms. The SMILES string of the molecule is CN(Cc1cnn(C)c1)C(=O)Cc1ccncc1. The highest BCUT2D eigenvalue weighted by atomic mass is 16.2. The highest BCUT2D eigenvalue weighted by molar-refractivity contribution is 5.78. The molecule has 94 valence electrons. The predicted octanol–water partition coefficient (Wildman–Crippen LogP) is 1.02. The van der Waals surface area contributed by atoms with E-state index in [9.17, 15) is 4.79 Å². The van der Waals surface area contributed by atoms with Gasteiger partial charge in [-0.3, -0.25) is 14.5 Å². The zero-order valence-corrected chi connectivity index (χ0v) is 10.6. The molecule has 2 heterocycles. The Morgan fingerprint density at radius 1 is 1.33 bits per heavy atom. The van der Waals surface area contributed by atoms with E-state index in [-0.39, 0.29) is 5.91 Å². The topological polar surface area (TPSA) is 51.0 Å². The van der Waals surface area contributed by atoms with Crippen molar-refractivity contribution in [3.8, 4) is 0 Å². The molecule has 0 bridgehead atoms. The molecule has 0 radical (unpaired) electrons. The van der Waals surface area contributed by atoms with E-state index in [1.54, 1.807) is 35.2 Å². The Balaban J connectivity index is 1.93. The van der Waals surface area contributed by atoms with Gasteiger partial charge in [0.2, 0.25) is 5.91 Å². The van der Waals surface area contributed by atoms with E-state index in [1.165, 1.54) is 0 Å². The van der Waals surface area contributed by atoms with Crippen LogP contribution in [0.3, 0.4) is 0 Å². The van der Waals surface area contributed by atoms with Gasteiger partial charge in [0.1, 0.15) is 0 Å². The van der Waals surface area contributed by atoms with Gasteiger partial charge in [0, 0.05) is 44.8 Å². The van der Waals surface area contributed by atoms with Crippen molar-refractivity contribution in [2.45, 2.75) is 13.0 Å². The van der Waals surface area contributed by atoms with Gasteiger partial charge >= 0.3 is 0 Å². The average Bonchev–Trinajstić information content (AvgIpc) is 2.76. The van der Waals surface area contributed by atoms with Crippen molar-refractivity contribution in [2.24, 2.45) is 7.05 Å². The quantitative estimate of drug-likeness (QED) is 0.806. The minimum Gasteiger partial charge on any atom is -0.341 e. The van der Waals surface area contributed by atoms with Gasteiger partial charge in [-0.1, -0.05) is 0 Å². The largest absolute Gasteiger partial charge is 0.341 e. The van der Waals surface area contributed by atoms with Crippen molar-refractivity contribution in [3.05, 3.63) is 48.0 Å². The molecular weight excluding hydrogens is 228 g/mol. The van der Waals surface area contributed by atoms with Crippen molar-refractivity contribution in [1.29, 1.82) is 0 Å². The molecule has 2 rings (SSSR count). The van der Waals surface area contributed by atoms with Crippen molar-refractivity contribution in [2.75, 3.05) is 7.05 Å². The van der Waals surface area contributed by atoms with Crippen LogP contribution in [-0.2, 0) is 24.8 Å². The number of likely N-dealkylation sites (N-methyl/N-ethyl adjacent to an activating group) is 1. The van der Waals surface area contributed by atoms with Gasteiger partial charge in [0.15, 0.2) is 0 Å². The zero-order valence-electron chi connectivity index (χ0n) is 10.6. The average molecular weight is 244 g/mol. The van der Waals surface area contributed by atoms with E-state index < -0.39 is 0 Å².